The molecule has 1 spiro atoms. The van der Waals surface area contributed by atoms with E-state index in [0.717, 1.165) is 15.2 Å². The van der Waals surface area contributed by atoms with Gasteiger partial charge < -0.3 is 14.2 Å². The van der Waals surface area contributed by atoms with Crippen LogP contribution in [0, 0.1) is 5.41 Å². The molecule has 3 atom stereocenters. The maximum absolute atomic E-state index is 14.1. The Balaban J connectivity index is 1.84. The van der Waals surface area contributed by atoms with Crippen molar-refractivity contribution in [3.8, 4) is 0 Å². The van der Waals surface area contributed by atoms with E-state index in [1.807, 2.05) is 66.7 Å². The lowest BCUT2D eigenvalue weighted by Crippen LogP contribution is -2.52. The smallest absolute Gasteiger partial charge is 0.327 e. The second-order valence-electron chi connectivity index (χ2n) is 9.34. The SMILES string of the molecule is CCOC(=O)C1(C(=O)OCC)C(c2cccc(Br)c2)[C@]2(CCOC2=O)N[C@H]1c1ccc2ccccc2c1. The molecule has 37 heavy (non-hydrogen) atoms. The number of cyclic esters (lactones) is 1. The Morgan fingerprint density at radius 3 is 2.27 bits per heavy atom. The van der Waals surface area contributed by atoms with Crippen molar-refractivity contribution >= 4 is 44.6 Å². The Bertz CT molecular complexity index is 1360. The van der Waals surface area contributed by atoms with Crippen molar-refractivity contribution in [1.29, 1.82) is 0 Å². The number of carbonyl (C=O) groups excluding carboxylic acids is 3. The predicted molar refractivity (Wildman–Crippen MR) is 141 cm³/mol. The van der Waals surface area contributed by atoms with Crippen molar-refractivity contribution < 1.29 is 28.6 Å². The summed E-state index contributed by atoms with van der Waals surface area (Å²) in [4.78, 5) is 41.7. The molecule has 1 unspecified atom stereocenters. The number of esters is 3. The molecular weight excluding hydrogens is 538 g/mol. The van der Waals surface area contributed by atoms with Crippen LogP contribution in [0.25, 0.3) is 10.8 Å². The summed E-state index contributed by atoms with van der Waals surface area (Å²) in [6.07, 6.45) is 0.285. The van der Waals surface area contributed by atoms with E-state index in [4.69, 9.17) is 14.2 Å². The second kappa shape index (κ2) is 9.91. The summed E-state index contributed by atoms with van der Waals surface area (Å²) < 4.78 is 17.5. The molecule has 8 heteroatoms. The Kier molecular flexibility index (Phi) is 6.81. The molecule has 0 aliphatic carbocycles. The summed E-state index contributed by atoms with van der Waals surface area (Å²) in [6, 6.07) is 20.0. The molecule has 7 nitrogen and oxygen atoms in total. The maximum atomic E-state index is 14.1. The van der Waals surface area contributed by atoms with Gasteiger partial charge in [-0.15, -0.1) is 0 Å². The van der Waals surface area contributed by atoms with Crippen molar-refractivity contribution in [3.05, 3.63) is 82.3 Å². The molecule has 5 rings (SSSR count). The lowest BCUT2D eigenvalue weighted by atomic mass is 9.62. The van der Waals surface area contributed by atoms with Crippen molar-refractivity contribution in [1.82, 2.24) is 5.32 Å². The van der Waals surface area contributed by atoms with Gasteiger partial charge in [0.05, 0.1) is 25.9 Å². The van der Waals surface area contributed by atoms with Gasteiger partial charge in [-0.2, -0.15) is 0 Å². The number of carbonyl (C=O) groups is 3. The van der Waals surface area contributed by atoms with Gasteiger partial charge in [0.15, 0.2) is 5.41 Å². The minimum atomic E-state index is -1.89. The molecular formula is C29H28BrNO6. The van der Waals surface area contributed by atoms with E-state index >= 15 is 0 Å². The zero-order valence-corrected chi connectivity index (χ0v) is 22.2. The van der Waals surface area contributed by atoms with Gasteiger partial charge in [-0.3, -0.25) is 19.7 Å². The highest BCUT2D eigenvalue weighted by Crippen LogP contribution is 2.61. The molecule has 2 saturated heterocycles. The first-order chi connectivity index (χ1) is 17.9. The van der Waals surface area contributed by atoms with Crippen molar-refractivity contribution in [2.45, 2.75) is 37.8 Å². The van der Waals surface area contributed by atoms with Crippen molar-refractivity contribution in [3.63, 3.8) is 0 Å². The quantitative estimate of drug-likeness (QED) is 0.260. The molecule has 0 saturated carbocycles. The van der Waals surface area contributed by atoms with E-state index in [1.165, 1.54) is 0 Å². The second-order valence-corrected chi connectivity index (χ2v) is 10.3. The fraction of sp³-hybridized carbons (Fsp3) is 0.345. The highest BCUT2D eigenvalue weighted by Gasteiger charge is 2.75. The Hall–Kier alpha value is -3.23. The number of hydrogen-bond acceptors (Lipinski definition) is 7. The van der Waals surface area contributed by atoms with Crippen LogP contribution in [0.3, 0.4) is 0 Å². The van der Waals surface area contributed by atoms with Crippen LogP contribution in [0.4, 0.5) is 0 Å². The number of nitrogens with one attached hydrogen (secondary N) is 1. The number of hydrogen-bond donors (Lipinski definition) is 1. The van der Waals surface area contributed by atoms with Crippen molar-refractivity contribution in [2.75, 3.05) is 19.8 Å². The third-order valence-electron chi connectivity index (χ3n) is 7.41. The number of rotatable bonds is 6. The maximum Gasteiger partial charge on any atom is 0.327 e. The van der Waals surface area contributed by atoms with Gasteiger partial charge in [-0.1, -0.05) is 64.5 Å². The minimum absolute atomic E-state index is 0.0626. The van der Waals surface area contributed by atoms with E-state index in [2.05, 4.69) is 21.2 Å². The van der Waals surface area contributed by atoms with Crippen LogP contribution in [-0.2, 0) is 28.6 Å². The average molecular weight is 566 g/mol. The molecule has 1 N–H and O–H groups in total. The zero-order chi connectivity index (χ0) is 26.2. The molecule has 2 heterocycles. The highest BCUT2D eigenvalue weighted by molar-refractivity contribution is 9.10. The fourth-order valence-electron chi connectivity index (χ4n) is 5.96. The Morgan fingerprint density at radius 2 is 1.65 bits per heavy atom. The van der Waals surface area contributed by atoms with Gasteiger partial charge >= 0.3 is 17.9 Å². The van der Waals surface area contributed by atoms with Crippen LogP contribution < -0.4 is 5.32 Å². The van der Waals surface area contributed by atoms with Crippen LogP contribution in [0.15, 0.2) is 71.2 Å². The van der Waals surface area contributed by atoms with Gasteiger partial charge in [-0.05, 0) is 53.9 Å². The molecule has 2 fully saturated rings. The van der Waals surface area contributed by atoms with Crippen LogP contribution in [-0.4, -0.2) is 43.3 Å². The number of fused-ring (bicyclic) bond motifs is 1. The van der Waals surface area contributed by atoms with E-state index < -0.39 is 40.8 Å². The minimum Gasteiger partial charge on any atom is -0.465 e. The summed E-state index contributed by atoms with van der Waals surface area (Å²) in [5, 5.41) is 5.40. The molecule has 0 aromatic heterocycles. The molecule has 192 valence electrons. The van der Waals surface area contributed by atoms with Gasteiger partial charge in [0.25, 0.3) is 0 Å². The summed E-state index contributed by atoms with van der Waals surface area (Å²) in [6.45, 7) is 3.68. The molecule has 3 aromatic rings. The summed E-state index contributed by atoms with van der Waals surface area (Å²) >= 11 is 3.51. The highest BCUT2D eigenvalue weighted by atomic mass is 79.9. The van der Waals surface area contributed by atoms with E-state index in [0.29, 0.717) is 11.1 Å². The van der Waals surface area contributed by atoms with Gasteiger partial charge in [0.2, 0.25) is 0 Å². The first-order valence-electron chi connectivity index (χ1n) is 12.4. The predicted octanol–water partition coefficient (Wildman–Crippen LogP) is 4.83. The molecule has 2 aliphatic rings. The first kappa shape index (κ1) is 25.4. The largest absolute Gasteiger partial charge is 0.465 e. The summed E-state index contributed by atoms with van der Waals surface area (Å²) in [5.41, 5.74) is -1.92. The van der Waals surface area contributed by atoms with Crippen LogP contribution in [0.2, 0.25) is 0 Å². The monoisotopic (exact) mass is 565 g/mol. The van der Waals surface area contributed by atoms with Gasteiger partial charge in [0, 0.05) is 16.8 Å². The lowest BCUT2D eigenvalue weighted by Gasteiger charge is -2.37. The standard InChI is InChI=1S/C29H28BrNO6/c1-3-35-26(33)29(27(34)36-4-2)23(20-10-7-11-22(30)17-20)28(14-15-37-25(28)32)31-24(29)21-13-12-18-8-5-6-9-19(18)16-21/h5-13,16-17,23-24,31H,3-4,14-15H2,1-2H3/t23?,24-,28-/m0/s1. The number of benzene rings is 3. The number of ether oxygens (including phenoxy) is 3. The third kappa shape index (κ3) is 3.94. The topological polar surface area (TPSA) is 90.9 Å². The molecule has 3 aromatic carbocycles. The first-order valence-corrected chi connectivity index (χ1v) is 13.2. The van der Waals surface area contributed by atoms with E-state index in [1.54, 1.807) is 13.8 Å². The van der Waals surface area contributed by atoms with E-state index in [9.17, 15) is 14.4 Å². The summed E-state index contributed by atoms with van der Waals surface area (Å²) in [5.74, 6) is -2.91. The van der Waals surface area contributed by atoms with Crippen LogP contribution in [0.1, 0.15) is 43.4 Å². The fourth-order valence-corrected chi connectivity index (χ4v) is 6.38. The molecule has 2 aliphatic heterocycles. The Labute approximate surface area is 223 Å². The Morgan fingerprint density at radius 1 is 0.946 bits per heavy atom. The lowest BCUT2D eigenvalue weighted by molar-refractivity contribution is -0.175. The van der Waals surface area contributed by atoms with Crippen molar-refractivity contribution in [2.24, 2.45) is 5.41 Å². The third-order valence-corrected chi connectivity index (χ3v) is 7.91. The van der Waals surface area contributed by atoms with Gasteiger partial charge in [-0.25, -0.2) is 0 Å². The molecule has 0 radical (unpaired) electrons. The molecule has 0 amide bonds. The molecule has 0 bridgehead atoms. The number of halogens is 1. The summed E-state index contributed by atoms with van der Waals surface area (Å²) in [7, 11) is 0. The van der Waals surface area contributed by atoms with E-state index in [-0.39, 0.29) is 26.2 Å². The average Bonchev–Trinajstić information content (AvgIpc) is 3.42. The van der Waals surface area contributed by atoms with Crippen LogP contribution in [0.5, 0.6) is 0 Å². The van der Waals surface area contributed by atoms with Crippen LogP contribution >= 0.6 is 15.9 Å². The van der Waals surface area contributed by atoms with Gasteiger partial charge in [0.1, 0.15) is 5.54 Å². The zero-order valence-electron chi connectivity index (χ0n) is 20.7. The normalized spacial score (nSPS) is 24.2.